The summed E-state index contributed by atoms with van der Waals surface area (Å²) in [5, 5.41) is 0. The van der Waals surface area contributed by atoms with Crippen LogP contribution in [0.15, 0.2) is 34.9 Å². The molecule has 59 valence electrons. The van der Waals surface area contributed by atoms with E-state index in [1.165, 1.54) is 18.4 Å². The van der Waals surface area contributed by atoms with Crippen LogP contribution in [0.1, 0.15) is 0 Å². The van der Waals surface area contributed by atoms with Crippen LogP contribution in [0.2, 0.25) is 0 Å². The molecule has 1 radical (unpaired) electrons. The first-order chi connectivity index (χ1) is 5.86. The molecule has 0 saturated carbocycles. The summed E-state index contributed by atoms with van der Waals surface area (Å²) in [6.07, 6.45) is 3.84. The number of hydrogen-bond acceptors (Lipinski definition) is 2. The molecule has 0 N–H and O–H groups in total. The largest absolute Gasteiger partial charge is 0.444 e. The van der Waals surface area contributed by atoms with Crippen molar-refractivity contribution >= 4 is 0 Å². The van der Waals surface area contributed by atoms with Gasteiger partial charge in [-0.15, -0.1) is 0 Å². The molecule has 0 fully saturated rings. The fourth-order valence-corrected chi connectivity index (χ4v) is 0.948. The smallest absolute Gasteiger partial charge is 0.226 e. The number of hydrogen-bond donors (Lipinski definition) is 0. The van der Waals surface area contributed by atoms with Gasteiger partial charge in [0.25, 0.3) is 0 Å². The van der Waals surface area contributed by atoms with E-state index in [-0.39, 0.29) is 5.82 Å². The normalized spacial score (nSPS) is 10.1. The van der Waals surface area contributed by atoms with Gasteiger partial charge >= 0.3 is 0 Å². The highest BCUT2D eigenvalue weighted by molar-refractivity contribution is 5.52. The van der Waals surface area contributed by atoms with E-state index in [1.54, 1.807) is 12.1 Å². The Labute approximate surface area is 68.7 Å². The lowest BCUT2D eigenvalue weighted by molar-refractivity contribution is 0.572. The summed E-state index contributed by atoms with van der Waals surface area (Å²) in [6.45, 7) is 0. The van der Waals surface area contributed by atoms with Crippen LogP contribution in [-0.4, -0.2) is 4.98 Å². The van der Waals surface area contributed by atoms with Crippen LogP contribution < -0.4 is 0 Å². The van der Waals surface area contributed by atoms with Gasteiger partial charge in [-0.2, -0.15) is 0 Å². The maximum absolute atomic E-state index is 12.7. The van der Waals surface area contributed by atoms with Crippen LogP contribution in [-0.2, 0) is 0 Å². The maximum atomic E-state index is 12.7. The average Bonchev–Trinajstić information content (AvgIpc) is 2.56. The lowest BCUT2D eigenvalue weighted by Crippen LogP contribution is -1.78. The molecule has 0 atom stereocenters. The lowest BCUT2D eigenvalue weighted by Gasteiger charge is -1.93. The van der Waals surface area contributed by atoms with E-state index in [9.17, 15) is 4.39 Å². The number of benzene rings is 1. The Kier molecular flexibility index (Phi) is 1.63. The molecule has 0 spiro atoms. The Morgan fingerprint density at radius 1 is 1.42 bits per heavy atom. The van der Waals surface area contributed by atoms with Gasteiger partial charge in [-0.3, -0.25) is 0 Å². The molecule has 0 unspecified atom stereocenters. The number of aromatic nitrogens is 1. The van der Waals surface area contributed by atoms with E-state index < -0.39 is 0 Å². The van der Waals surface area contributed by atoms with Gasteiger partial charge in [0, 0.05) is 5.56 Å². The second kappa shape index (κ2) is 2.77. The van der Waals surface area contributed by atoms with Crippen molar-refractivity contribution in [2.24, 2.45) is 0 Å². The van der Waals surface area contributed by atoms with Crippen molar-refractivity contribution in [1.82, 2.24) is 4.98 Å². The van der Waals surface area contributed by atoms with E-state index in [1.807, 2.05) is 0 Å². The number of rotatable bonds is 1. The van der Waals surface area contributed by atoms with Gasteiger partial charge in [-0.1, -0.05) is 6.07 Å². The summed E-state index contributed by atoms with van der Waals surface area (Å²) in [5.41, 5.74) is 0.622. The third kappa shape index (κ3) is 1.21. The number of oxazole rings is 1. The Bertz CT molecular complexity index is 370. The van der Waals surface area contributed by atoms with Gasteiger partial charge in [0.1, 0.15) is 18.3 Å². The topological polar surface area (TPSA) is 26.0 Å². The summed E-state index contributed by atoms with van der Waals surface area (Å²) in [5.74, 6) is 0.0835. The minimum atomic E-state index is -0.300. The minimum Gasteiger partial charge on any atom is -0.444 e. The molecule has 1 heterocycles. The summed E-state index contributed by atoms with van der Waals surface area (Å²) in [4.78, 5) is 3.77. The summed E-state index contributed by atoms with van der Waals surface area (Å²) < 4.78 is 17.6. The Morgan fingerprint density at radius 3 is 3.00 bits per heavy atom. The fourth-order valence-electron chi connectivity index (χ4n) is 0.948. The third-order valence-corrected chi connectivity index (χ3v) is 1.46. The van der Waals surface area contributed by atoms with Crippen LogP contribution in [0, 0.1) is 12.0 Å². The van der Waals surface area contributed by atoms with Gasteiger partial charge < -0.3 is 4.42 Å². The highest BCUT2D eigenvalue weighted by atomic mass is 19.1. The maximum Gasteiger partial charge on any atom is 0.226 e. The first-order valence-electron chi connectivity index (χ1n) is 3.44. The monoisotopic (exact) mass is 162 g/mol. The third-order valence-electron chi connectivity index (χ3n) is 1.46. The summed E-state index contributed by atoms with van der Waals surface area (Å²) in [7, 11) is 0. The highest BCUT2D eigenvalue weighted by Crippen LogP contribution is 2.16. The van der Waals surface area contributed by atoms with E-state index in [4.69, 9.17) is 4.42 Å². The number of halogens is 1. The minimum absolute atomic E-state index is 0.300. The molecule has 1 aromatic carbocycles. The average molecular weight is 162 g/mol. The summed E-state index contributed by atoms with van der Waals surface area (Å²) in [6, 6.07) is 6.06. The van der Waals surface area contributed by atoms with Gasteiger partial charge in [0.2, 0.25) is 5.89 Å². The van der Waals surface area contributed by atoms with Gasteiger partial charge in [0.05, 0.1) is 0 Å². The zero-order chi connectivity index (χ0) is 8.39. The van der Waals surface area contributed by atoms with Crippen molar-refractivity contribution in [2.75, 3.05) is 0 Å². The lowest BCUT2D eigenvalue weighted by atomic mass is 10.2. The van der Waals surface area contributed by atoms with E-state index >= 15 is 0 Å². The molecule has 0 aliphatic rings. The van der Waals surface area contributed by atoms with Crippen molar-refractivity contribution in [2.45, 2.75) is 0 Å². The second-order valence-corrected chi connectivity index (χ2v) is 2.29. The quantitative estimate of drug-likeness (QED) is 0.642. The van der Waals surface area contributed by atoms with Crippen LogP contribution in [0.4, 0.5) is 4.39 Å². The Morgan fingerprint density at radius 2 is 2.33 bits per heavy atom. The molecule has 2 nitrogen and oxygen atoms in total. The molecule has 1 aromatic heterocycles. The van der Waals surface area contributed by atoms with Crippen molar-refractivity contribution in [3.05, 3.63) is 42.5 Å². The Balaban J connectivity index is 2.48. The molecule has 0 aliphatic heterocycles. The van der Waals surface area contributed by atoms with Crippen LogP contribution in [0.25, 0.3) is 11.5 Å². The molecule has 2 aromatic rings. The van der Waals surface area contributed by atoms with Gasteiger partial charge in [-0.25, -0.2) is 9.37 Å². The molecule has 3 heteroatoms. The molecule has 0 aliphatic carbocycles. The number of nitrogens with zero attached hydrogens (tertiary/aromatic N) is 1. The van der Waals surface area contributed by atoms with E-state index in [0.29, 0.717) is 11.5 Å². The first-order valence-corrected chi connectivity index (χ1v) is 3.44. The molecule has 0 amide bonds. The molecular formula is C9H5FNO. The van der Waals surface area contributed by atoms with E-state index in [2.05, 4.69) is 11.2 Å². The highest BCUT2D eigenvalue weighted by Gasteiger charge is 2.01. The first kappa shape index (κ1) is 7.03. The Hall–Kier alpha value is -1.64. The van der Waals surface area contributed by atoms with Crippen molar-refractivity contribution in [1.29, 1.82) is 0 Å². The predicted octanol–water partition coefficient (Wildman–Crippen LogP) is 2.28. The zero-order valence-electron chi connectivity index (χ0n) is 6.12. The van der Waals surface area contributed by atoms with Crippen molar-refractivity contribution < 1.29 is 8.81 Å². The second-order valence-electron chi connectivity index (χ2n) is 2.29. The van der Waals surface area contributed by atoms with Gasteiger partial charge in [0.15, 0.2) is 0 Å². The van der Waals surface area contributed by atoms with Crippen LogP contribution in [0.5, 0.6) is 0 Å². The standard InChI is InChI=1S/C9H5FNO/c10-8-3-1-2-7(6-8)9-11-4-5-12-9/h1-3,5-6H. The molecule has 12 heavy (non-hydrogen) atoms. The zero-order valence-corrected chi connectivity index (χ0v) is 6.12. The molecular weight excluding hydrogens is 157 g/mol. The van der Waals surface area contributed by atoms with Crippen molar-refractivity contribution in [3.8, 4) is 11.5 Å². The predicted molar refractivity (Wildman–Crippen MR) is 40.7 cm³/mol. The molecule has 0 saturated heterocycles. The van der Waals surface area contributed by atoms with Crippen LogP contribution in [0.3, 0.4) is 0 Å². The fraction of sp³-hybridized carbons (Fsp3) is 0. The molecule has 0 bridgehead atoms. The SMILES string of the molecule is Fc1cccc(-c2n[c]co2)c1. The van der Waals surface area contributed by atoms with Crippen LogP contribution >= 0.6 is 0 Å². The van der Waals surface area contributed by atoms with Crippen molar-refractivity contribution in [3.63, 3.8) is 0 Å². The summed E-state index contributed by atoms with van der Waals surface area (Å²) >= 11 is 0. The molecule has 2 rings (SSSR count). The van der Waals surface area contributed by atoms with E-state index in [0.717, 1.165) is 0 Å². The van der Waals surface area contributed by atoms with Gasteiger partial charge in [-0.05, 0) is 18.2 Å².